The lowest BCUT2D eigenvalue weighted by atomic mass is 10.1. The number of benzene rings is 2. The summed E-state index contributed by atoms with van der Waals surface area (Å²) in [5, 5.41) is 10.1. The number of rotatable bonds is 3. The summed E-state index contributed by atoms with van der Waals surface area (Å²) >= 11 is 0. The molecule has 2 rings (SSSR count). The molecular formula is C15H12F3N3. The van der Waals surface area contributed by atoms with Crippen LogP contribution in [-0.4, -0.2) is 0 Å². The summed E-state index contributed by atoms with van der Waals surface area (Å²) < 4.78 is 37.4. The quantitative estimate of drug-likeness (QED) is 0.696. The fourth-order valence-corrected chi connectivity index (χ4v) is 1.81. The molecule has 0 aliphatic rings. The Morgan fingerprint density at radius 2 is 1.57 bits per heavy atom. The number of halogens is 3. The number of nitrogens with zero attached hydrogens (tertiary/aromatic N) is 2. The highest BCUT2D eigenvalue weighted by atomic mass is 19.4. The first-order chi connectivity index (χ1) is 9.90. The van der Waals surface area contributed by atoms with E-state index in [1.54, 1.807) is 24.3 Å². The van der Waals surface area contributed by atoms with E-state index in [0.717, 1.165) is 12.1 Å². The summed E-state index contributed by atoms with van der Waals surface area (Å²) in [6.45, 7) is 0.268. The Kier molecular flexibility index (Phi) is 4.15. The van der Waals surface area contributed by atoms with Gasteiger partial charge in [-0.25, -0.2) is 5.84 Å². The first kappa shape index (κ1) is 14.9. The third-order valence-corrected chi connectivity index (χ3v) is 2.96. The minimum Gasteiger partial charge on any atom is -0.307 e. The van der Waals surface area contributed by atoms with Crippen LogP contribution in [0, 0.1) is 11.3 Å². The van der Waals surface area contributed by atoms with E-state index in [2.05, 4.69) is 0 Å². The Labute approximate surface area is 120 Å². The predicted octanol–water partition coefficient (Wildman–Crippen LogP) is 3.46. The highest BCUT2D eigenvalue weighted by Crippen LogP contribution is 2.29. The van der Waals surface area contributed by atoms with Gasteiger partial charge in [-0.1, -0.05) is 12.1 Å². The molecule has 0 atom stereocenters. The van der Waals surface area contributed by atoms with Crippen LogP contribution in [0.3, 0.4) is 0 Å². The van der Waals surface area contributed by atoms with Crippen LogP contribution in [0.1, 0.15) is 16.7 Å². The summed E-state index contributed by atoms with van der Waals surface area (Å²) in [5.41, 5.74) is 1.17. The molecule has 0 saturated heterocycles. The van der Waals surface area contributed by atoms with Crippen molar-refractivity contribution in [3.05, 3.63) is 65.2 Å². The molecule has 0 fully saturated rings. The van der Waals surface area contributed by atoms with Crippen molar-refractivity contribution in [2.45, 2.75) is 12.7 Å². The topological polar surface area (TPSA) is 53.0 Å². The smallest absolute Gasteiger partial charge is 0.307 e. The van der Waals surface area contributed by atoms with Gasteiger partial charge in [0.15, 0.2) is 0 Å². The van der Waals surface area contributed by atoms with E-state index in [1.807, 2.05) is 6.07 Å². The van der Waals surface area contributed by atoms with Crippen molar-refractivity contribution in [3.63, 3.8) is 0 Å². The van der Waals surface area contributed by atoms with Gasteiger partial charge in [0, 0.05) is 0 Å². The van der Waals surface area contributed by atoms with Crippen molar-refractivity contribution in [1.82, 2.24) is 0 Å². The predicted molar refractivity (Wildman–Crippen MR) is 73.0 cm³/mol. The molecule has 0 radical (unpaired) electrons. The van der Waals surface area contributed by atoms with Gasteiger partial charge in [-0.15, -0.1) is 0 Å². The number of hydrazine groups is 1. The molecule has 0 spiro atoms. The van der Waals surface area contributed by atoms with Crippen LogP contribution in [0.2, 0.25) is 0 Å². The molecule has 2 aromatic rings. The maximum absolute atomic E-state index is 12.5. The normalized spacial score (nSPS) is 11.0. The van der Waals surface area contributed by atoms with E-state index < -0.39 is 11.7 Å². The van der Waals surface area contributed by atoms with Gasteiger partial charge in [0.2, 0.25) is 0 Å². The summed E-state index contributed by atoms with van der Waals surface area (Å²) in [6.07, 6.45) is -4.34. The van der Waals surface area contributed by atoms with Gasteiger partial charge in [-0.3, -0.25) is 0 Å². The van der Waals surface area contributed by atoms with E-state index in [4.69, 9.17) is 11.1 Å². The van der Waals surface area contributed by atoms with Gasteiger partial charge in [-0.05, 0) is 42.0 Å². The third kappa shape index (κ3) is 3.74. The number of hydrogen-bond donors (Lipinski definition) is 1. The average molecular weight is 291 g/mol. The summed E-state index contributed by atoms with van der Waals surface area (Å²) in [4.78, 5) is 0. The van der Waals surface area contributed by atoms with Gasteiger partial charge in [0.05, 0.1) is 29.4 Å². The first-order valence-corrected chi connectivity index (χ1v) is 6.08. The molecule has 6 heteroatoms. The Hall–Kier alpha value is -2.52. The van der Waals surface area contributed by atoms with Gasteiger partial charge >= 0.3 is 6.18 Å². The number of nitrogens with two attached hydrogens (primary N) is 1. The van der Waals surface area contributed by atoms with Crippen LogP contribution < -0.4 is 10.9 Å². The molecular weight excluding hydrogens is 279 g/mol. The zero-order valence-corrected chi connectivity index (χ0v) is 10.9. The fraction of sp³-hybridized carbons (Fsp3) is 0.133. The highest BCUT2D eigenvalue weighted by Gasteiger charge is 2.29. The van der Waals surface area contributed by atoms with Crippen LogP contribution in [0.15, 0.2) is 48.5 Å². The van der Waals surface area contributed by atoms with Crippen LogP contribution in [0.5, 0.6) is 0 Å². The maximum Gasteiger partial charge on any atom is 0.416 e. The van der Waals surface area contributed by atoms with Crippen molar-refractivity contribution in [2.24, 2.45) is 5.84 Å². The van der Waals surface area contributed by atoms with E-state index in [0.29, 0.717) is 16.8 Å². The van der Waals surface area contributed by atoms with E-state index in [-0.39, 0.29) is 6.54 Å². The second-order valence-corrected chi connectivity index (χ2v) is 4.48. The second kappa shape index (κ2) is 5.85. The SMILES string of the molecule is N#Cc1ccc(N(N)Cc2ccc(C(F)(F)F)cc2)cc1. The van der Waals surface area contributed by atoms with E-state index in [1.165, 1.54) is 17.1 Å². The Morgan fingerprint density at radius 1 is 1.00 bits per heavy atom. The minimum absolute atomic E-state index is 0.268. The lowest BCUT2D eigenvalue weighted by Gasteiger charge is -2.19. The first-order valence-electron chi connectivity index (χ1n) is 6.08. The summed E-state index contributed by atoms with van der Waals surface area (Å²) in [6, 6.07) is 13.5. The summed E-state index contributed by atoms with van der Waals surface area (Å²) in [5.74, 6) is 5.87. The van der Waals surface area contributed by atoms with Crippen LogP contribution in [0.25, 0.3) is 0 Å². The number of nitriles is 1. The minimum atomic E-state index is -4.34. The number of hydrogen-bond acceptors (Lipinski definition) is 3. The fourth-order valence-electron chi connectivity index (χ4n) is 1.81. The molecule has 21 heavy (non-hydrogen) atoms. The van der Waals surface area contributed by atoms with Gasteiger partial charge in [0.1, 0.15) is 0 Å². The lowest BCUT2D eigenvalue weighted by molar-refractivity contribution is -0.137. The van der Waals surface area contributed by atoms with Crippen molar-refractivity contribution in [2.75, 3.05) is 5.01 Å². The van der Waals surface area contributed by atoms with Crippen molar-refractivity contribution in [3.8, 4) is 6.07 Å². The molecule has 0 aromatic heterocycles. The van der Waals surface area contributed by atoms with E-state index in [9.17, 15) is 13.2 Å². The molecule has 0 saturated carbocycles. The second-order valence-electron chi connectivity index (χ2n) is 4.48. The van der Waals surface area contributed by atoms with Crippen LogP contribution >= 0.6 is 0 Å². The molecule has 0 bridgehead atoms. The number of anilines is 1. The van der Waals surface area contributed by atoms with Crippen LogP contribution in [0.4, 0.5) is 18.9 Å². The highest BCUT2D eigenvalue weighted by molar-refractivity contribution is 5.48. The van der Waals surface area contributed by atoms with Gasteiger partial charge in [0.25, 0.3) is 0 Å². The van der Waals surface area contributed by atoms with Crippen molar-refractivity contribution >= 4 is 5.69 Å². The molecule has 0 amide bonds. The monoisotopic (exact) mass is 291 g/mol. The molecule has 0 unspecified atom stereocenters. The van der Waals surface area contributed by atoms with E-state index >= 15 is 0 Å². The zero-order valence-electron chi connectivity index (χ0n) is 10.9. The van der Waals surface area contributed by atoms with Crippen LogP contribution in [-0.2, 0) is 12.7 Å². The molecule has 3 nitrogen and oxygen atoms in total. The lowest BCUT2D eigenvalue weighted by Crippen LogP contribution is -2.30. The molecule has 0 aliphatic carbocycles. The average Bonchev–Trinajstić information content (AvgIpc) is 2.47. The molecule has 0 heterocycles. The van der Waals surface area contributed by atoms with Gasteiger partial charge in [-0.2, -0.15) is 18.4 Å². The Morgan fingerprint density at radius 3 is 2.05 bits per heavy atom. The largest absolute Gasteiger partial charge is 0.416 e. The third-order valence-electron chi connectivity index (χ3n) is 2.96. The Bertz CT molecular complexity index is 640. The Balaban J connectivity index is 2.08. The van der Waals surface area contributed by atoms with Gasteiger partial charge < -0.3 is 5.01 Å². The molecule has 2 aromatic carbocycles. The standard InChI is InChI=1S/C15H12F3N3/c16-15(17,18)13-5-1-12(2-6-13)10-21(20)14-7-3-11(9-19)4-8-14/h1-8H,10,20H2. The molecule has 2 N–H and O–H groups in total. The number of alkyl halides is 3. The van der Waals surface area contributed by atoms with Crippen molar-refractivity contribution < 1.29 is 13.2 Å². The van der Waals surface area contributed by atoms with Crippen molar-refractivity contribution in [1.29, 1.82) is 5.26 Å². The molecule has 108 valence electrons. The maximum atomic E-state index is 12.5. The zero-order chi connectivity index (χ0) is 15.5. The molecule has 0 aliphatic heterocycles. The summed E-state index contributed by atoms with van der Waals surface area (Å²) in [7, 11) is 0.